The lowest BCUT2D eigenvalue weighted by atomic mass is 10.1. The van der Waals surface area contributed by atoms with E-state index in [2.05, 4.69) is 30.2 Å². The highest BCUT2D eigenvalue weighted by atomic mass is 19.4. The first-order valence-corrected chi connectivity index (χ1v) is 8.27. The lowest BCUT2D eigenvalue weighted by Gasteiger charge is -2.10. The highest BCUT2D eigenvalue weighted by Crippen LogP contribution is 2.29. The lowest BCUT2D eigenvalue weighted by Crippen LogP contribution is -2.13. The number of aromatic amines is 1. The van der Waals surface area contributed by atoms with Crippen LogP contribution in [0.4, 0.5) is 24.7 Å². The topological polar surface area (TPSA) is 106 Å². The zero-order valence-corrected chi connectivity index (χ0v) is 14.5. The molecule has 0 spiro atoms. The molecule has 0 amide bonds. The summed E-state index contributed by atoms with van der Waals surface area (Å²) in [4.78, 5) is 18.5. The summed E-state index contributed by atoms with van der Waals surface area (Å²) in [6, 6.07) is 11.4. The number of hydrogen-bond acceptors (Lipinski definition) is 7. The maximum Gasteiger partial charge on any atom is 0.416 e. The van der Waals surface area contributed by atoms with Crippen LogP contribution < -0.4 is 15.6 Å². The molecule has 0 aliphatic rings. The Morgan fingerprint density at radius 2 is 1.90 bits per heavy atom. The molecule has 4 rings (SSSR count). The van der Waals surface area contributed by atoms with Gasteiger partial charge < -0.3 is 10.1 Å². The number of fused-ring (bicyclic) bond motifs is 1. The van der Waals surface area contributed by atoms with Crippen LogP contribution >= 0.6 is 0 Å². The van der Waals surface area contributed by atoms with E-state index in [1.165, 1.54) is 12.1 Å². The van der Waals surface area contributed by atoms with Gasteiger partial charge in [-0.25, -0.2) is 4.63 Å². The SMILES string of the molecule is O=c1[nH]c2nonc2nc1Nc1cccc(OCc2ccc(C(F)(F)F)cc2)c1. The van der Waals surface area contributed by atoms with Crippen molar-refractivity contribution in [3.05, 3.63) is 70.0 Å². The van der Waals surface area contributed by atoms with E-state index in [0.717, 1.165) is 12.1 Å². The molecule has 0 aliphatic carbocycles. The number of hydrogen-bond donors (Lipinski definition) is 2. The van der Waals surface area contributed by atoms with Crippen LogP contribution in [0.15, 0.2) is 58.0 Å². The van der Waals surface area contributed by atoms with E-state index in [-0.39, 0.29) is 23.7 Å². The third-order valence-electron chi connectivity index (χ3n) is 3.92. The Morgan fingerprint density at radius 1 is 1.10 bits per heavy atom. The molecule has 0 aliphatic heterocycles. The molecule has 2 N–H and O–H groups in total. The molecular weight excluding hydrogens is 391 g/mol. The van der Waals surface area contributed by atoms with E-state index in [0.29, 0.717) is 17.0 Å². The number of nitrogens with one attached hydrogen (secondary N) is 2. The van der Waals surface area contributed by atoms with Crippen LogP contribution in [-0.4, -0.2) is 20.3 Å². The van der Waals surface area contributed by atoms with Gasteiger partial charge in [0.1, 0.15) is 12.4 Å². The van der Waals surface area contributed by atoms with E-state index in [1.54, 1.807) is 24.3 Å². The third kappa shape index (κ3) is 4.18. The quantitative estimate of drug-likeness (QED) is 0.524. The van der Waals surface area contributed by atoms with Gasteiger partial charge in [-0.2, -0.15) is 18.2 Å². The van der Waals surface area contributed by atoms with Crippen molar-refractivity contribution in [1.29, 1.82) is 0 Å². The van der Waals surface area contributed by atoms with Gasteiger partial charge in [-0.05, 0) is 40.1 Å². The number of benzene rings is 2. The van der Waals surface area contributed by atoms with Crippen LogP contribution in [0.3, 0.4) is 0 Å². The van der Waals surface area contributed by atoms with E-state index in [4.69, 9.17) is 4.74 Å². The summed E-state index contributed by atoms with van der Waals surface area (Å²) in [6.45, 7) is 0.0803. The van der Waals surface area contributed by atoms with Crippen LogP contribution in [0.5, 0.6) is 5.75 Å². The van der Waals surface area contributed by atoms with Crippen molar-refractivity contribution < 1.29 is 22.5 Å². The largest absolute Gasteiger partial charge is 0.489 e. The highest BCUT2D eigenvalue weighted by molar-refractivity contribution is 5.67. The zero-order valence-electron chi connectivity index (χ0n) is 14.5. The lowest BCUT2D eigenvalue weighted by molar-refractivity contribution is -0.137. The summed E-state index contributed by atoms with van der Waals surface area (Å²) < 4.78 is 47.9. The average molecular weight is 403 g/mol. The van der Waals surface area contributed by atoms with Gasteiger partial charge in [0.25, 0.3) is 5.56 Å². The predicted octanol–water partition coefficient (Wildman–Crippen LogP) is 3.65. The molecule has 8 nitrogen and oxygen atoms in total. The number of anilines is 2. The van der Waals surface area contributed by atoms with E-state index >= 15 is 0 Å². The van der Waals surface area contributed by atoms with E-state index in [9.17, 15) is 18.0 Å². The molecule has 11 heteroatoms. The molecule has 0 saturated carbocycles. The number of H-pyrrole nitrogens is 1. The number of aromatic nitrogens is 4. The smallest absolute Gasteiger partial charge is 0.416 e. The van der Waals surface area contributed by atoms with E-state index < -0.39 is 17.3 Å². The molecule has 0 unspecified atom stereocenters. The summed E-state index contributed by atoms with van der Waals surface area (Å²) in [5.41, 5.74) is 0.145. The summed E-state index contributed by atoms with van der Waals surface area (Å²) in [7, 11) is 0. The molecule has 2 aromatic carbocycles. The molecule has 0 bridgehead atoms. The summed E-state index contributed by atoms with van der Waals surface area (Å²) in [6.07, 6.45) is -4.38. The summed E-state index contributed by atoms with van der Waals surface area (Å²) >= 11 is 0. The van der Waals surface area contributed by atoms with Crippen LogP contribution in [0, 0.1) is 0 Å². The molecule has 2 heterocycles. The van der Waals surface area contributed by atoms with Crippen molar-refractivity contribution in [1.82, 2.24) is 20.3 Å². The molecule has 4 aromatic rings. The normalized spacial score (nSPS) is 11.6. The molecule has 0 saturated heterocycles. The predicted molar refractivity (Wildman–Crippen MR) is 95.7 cm³/mol. The van der Waals surface area contributed by atoms with Gasteiger partial charge in [0, 0.05) is 11.8 Å². The minimum absolute atomic E-state index is 0.00640. The Labute approximate surface area is 160 Å². The van der Waals surface area contributed by atoms with Gasteiger partial charge in [0.05, 0.1) is 5.56 Å². The molecule has 0 atom stereocenters. The maximum absolute atomic E-state index is 12.6. The van der Waals surface area contributed by atoms with Gasteiger partial charge >= 0.3 is 6.18 Å². The Hall–Kier alpha value is -3.89. The van der Waals surface area contributed by atoms with Gasteiger partial charge in [-0.1, -0.05) is 18.2 Å². The van der Waals surface area contributed by atoms with E-state index in [1.807, 2.05) is 0 Å². The van der Waals surface area contributed by atoms with Gasteiger partial charge in [0.15, 0.2) is 5.82 Å². The number of rotatable bonds is 5. The third-order valence-corrected chi connectivity index (χ3v) is 3.92. The van der Waals surface area contributed by atoms with Crippen LogP contribution in [0.25, 0.3) is 11.3 Å². The monoisotopic (exact) mass is 403 g/mol. The first kappa shape index (κ1) is 18.5. The second-order valence-corrected chi connectivity index (χ2v) is 5.99. The second kappa shape index (κ2) is 7.26. The fourth-order valence-electron chi connectivity index (χ4n) is 2.50. The maximum atomic E-state index is 12.6. The Bertz CT molecular complexity index is 1200. The molecule has 2 aromatic heterocycles. The molecule has 0 fully saturated rings. The van der Waals surface area contributed by atoms with Gasteiger partial charge in [-0.15, -0.1) is 0 Å². The minimum atomic E-state index is -4.38. The first-order chi connectivity index (χ1) is 13.9. The van der Waals surface area contributed by atoms with Crippen LogP contribution in [0.2, 0.25) is 0 Å². The van der Waals surface area contributed by atoms with Crippen LogP contribution in [0.1, 0.15) is 11.1 Å². The Morgan fingerprint density at radius 3 is 2.66 bits per heavy atom. The molecule has 29 heavy (non-hydrogen) atoms. The zero-order chi connectivity index (χ0) is 20.4. The van der Waals surface area contributed by atoms with Crippen LogP contribution in [-0.2, 0) is 12.8 Å². The number of halogens is 3. The summed E-state index contributed by atoms with van der Waals surface area (Å²) in [5, 5.41) is 9.91. The minimum Gasteiger partial charge on any atom is -0.489 e. The van der Waals surface area contributed by atoms with Crippen molar-refractivity contribution in [2.75, 3.05) is 5.32 Å². The van der Waals surface area contributed by atoms with Crippen molar-refractivity contribution in [2.45, 2.75) is 12.8 Å². The number of ether oxygens (including phenoxy) is 1. The fourth-order valence-corrected chi connectivity index (χ4v) is 2.50. The van der Waals surface area contributed by atoms with Crippen molar-refractivity contribution >= 4 is 22.8 Å². The molecular formula is C18H12F3N5O3. The van der Waals surface area contributed by atoms with Crippen molar-refractivity contribution in [3.63, 3.8) is 0 Å². The summed E-state index contributed by atoms with van der Waals surface area (Å²) in [5.74, 6) is 0.448. The average Bonchev–Trinajstić information content (AvgIpc) is 3.14. The Balaban J connectivity index is 1.45. The highest BCUT2D eigenvalue weighted by Gasteiger charge is 2.29. The van der Waals surface area contributed by atoms with Gasteiger partial charge in [0.2, 0.25) is 11.3 Å². The standard InChI is InChI=1S/C18H12F3N5O3/c19-18(20,21)11-6-4-10(5-7-11)9-28-13-3-1-2-12(8-13)22-16-17(27)24-15-14(23-16)25-29-26-15/h1-8H,9H2,(H,22,23,25)(H,24,26,27). The second-order valence-electron chi connectivity index (χ2n) is 5.99. The van der Waals surface area contributed by atoms with Gasteiger partial charge in [-0.3, -0.25) is 9.78 Å². The first-order valence-electron chi connectivity index (χ1n) is 8.27. The fraction of sp³-hybridized carbons (Fsp3) is 0.111. The van der Waals surface area contributed by atoms with Crippen molar-refractivity contribution in [2.24, 2.45) is 0 Å². The number of nitrogens with zero attached hydrogens (tertiary/aromatic N) is 3. The number of alkyl halides is 3. The molecule has 148 valence electrons. The van der Waals surface area contributed by atoms with Crippen molar-refractivity contribution in [3.8, 4) is 5.75 Å². The Kier molecular flexibility index (Phi) is 4.63. The molecule has 0 radical (unpaired) electrons.